The molecule has 30 heavy (non-hydrogen) atoms. The summed E-state index contributed by atoms with van der Waals surface area (Å²) in [6.45, 7) is 7.59. The molecule has 0 aliphatic heterocycles. The van der Waals surface area contributed by atoms with Crippen molar-refractivity contribution < 1.29 is 9.18 Å². The van der Waals surface area contributed by atoms with Crippen LogP contribution in [0.2, 0.25) is 0 Å². The van der Waals surface area contributed by atoms with Crippen molar-refractivity contribution in [1.29, 1.82) is 0 Å². The molecule has 2 heterocycles. The largest absolute Gasteiger partial charge is 0.325 e. The average molecular weight is 402 g/mol. The van der Waals surface area contributed by atoms with E-state index in [2.05, 4.69) is 15.4 Å². The Labute approximate surface area is 174 Å². The van der Waals surface area contributed by atoms with Gasteiger partial charge in [-0.05, 0) is 42.8 Å². The minimum Gasteiger partial charge on any atom is -0.325 e. The Morgan fingerprint density at radius 2 is 1.70 bits per heavy atom. The van der Waals surface area contributed by atoms with Crippen LogP contribution >= 0.6 is 0 Å². The second-order valence-corrected chi connectivity index (χ2v) is 8.31. The molecule has 152 valence electrons. The number of aromatic nitrogens is 3. The fourth-order valence-electron chi connectivity index (χ4n) is 3.18. The summed E-state index contributed by atoms with van der Waals surface area (Å²) in [4.78, 5) is 17.1. The van der Waals surface area contributed by atoms with Crippen LogP contribution in [0.15, 0.2) is 60.8 Å². The first-order chi connectivity index (χ1) is 14.2. The highest BCUT2D eigenvalue weighted by Crippen LogP contribution is 2.30. The van der Waals surface area contributed by atoms with Crippen LogP contribution in [0.25, 0.3) is 28.2 Å². The van der Waals surface area contributed by atoms with Gasteiger partial charge in [-0.2, -0.15) is 5.10 Å². The first-order valence-corrected chi connectivity index (χ1v) is 9.77. The highest BCUT2D eigenvalue weighted by atomic mass is 19.1. The zero-order valence-corrected chi connectivity index (χ0v) is 17.4. The number of hydrogen-bond acceptors (Lipinski definition) is 3. The van der Waals surface area contributed by atoms with Crippen molar-refractivity contribution in [2.24, 2.45) is 5.41 Å². The predicted molar refractivity (Wildman–Crippen MR) is 117 cm³/mol. The van der Waals surface area contributed by atoms with Crippen LogP contribution in [0, 0.1) is 18.2 Å². The molecule has 5 nitrogen and oxygen atoms in total. The molecule has 0 radical (unpaired) electrons. The van der Waals surface area contributed by atoms with Crippen LogP contribution in [0.5, 0.6) is 0 Å². The van der Waals surface area contributed by atoms with Crippen molar-refractivity contribution in [1.82, 2.24) is 14.6 Å². The highest BCUT2D eigenvalue weighted by Gasteiger charge is 2.22. The van der Waals surface area contributed by atoms with Gasteiger partial charge in [0.1, 0.15) is 5.82 Å². The van der Waals surface area contributed by atoms with Crippen molar-refractivity contribution in [3.05, 3.63) is 72.2 Å². The van der Waals surface area contributed by atoms with Crippen LogP contribution in [0.1, 0.15) is 26.3 Å². The number of halogens is 1. The number of rotatable bonds is 3. The molecular formula is C24H23FN4O. The summed E-state index contributed by atoms with van der Waals surface area (Å²) in [5.41, 5.74) is 4.46. The molecule has 2 aromatic heterocycles. The minimum atomic E-state index is -0.488. The second kappa shape index (κ2) is 7.37. The van der Waals surface area contributed by atoms with Crippen molar-refractivity contribution in [2.75, 3.05) is 5.32 Å². The monoisotopic (exact) mass is 402 g/mol. The van der Waals surface area contributed by atoms with Gasteiger partial charge in [0.2, 0.25) is 5.91 Å². The van der Waals surface area contributed by atoms with E-state index < -0.39 is 5.41 Å². The molecule has 6 heteroatoms. The molecule has 4 rings (SSSR count). The van der Waals surface area contributed by atoms with Gasteiger partial charge < -0.3 is 5.32 Å². The summed E-state index contributed by atoms with van der Waals surface area (Å²) < 4.78 is 15.8. The van der Waals surface area contributed by atoms with E-state index in [4.69, 9.17) is 0 Å². The van der Waals surface area contributed by atoms with Crippen LogP contribution < -0.4 is 5.32 Å². The van der Waals surface area contributed by atoms with Gasteiger partial charge in [0.15, 0.2) is 5.65 Å². The standard InChI is InChI=1S/C24H23FN4O/c1-15-16(9-7-11-19(15)27-23(30)24(2,3)4)21-14-29-22(26-21)13-12-20(28-29)17-8-5-6-10-18(17)25/h5-14H,1-4H3,(H,27,30). The fourth-order valence-corrected chi connectivity index (χ4v) is 3.18. The maximum absolute atomic E-state index is 14.1. The van der Waals surface area contributed by atoms with Crippen LogP contribution in [-0.2, 0) is 4.79 Å². The molecule has 0 aliphatic rings. The van der Waals surface area contributed by atoms with Crippen LogP contribution in [-0.4, -0.2) is 20.5 Å². The number of fused-ring (bicyclic) bond motifs is 1. The molecule has 1 amide bonds. The third-order valence-corrected chi connectivity index (χ3v) is 5.01. The molecule has 1 N–H and O–H groups in total. The third kappa shape index (κ3) is 3.68. The molecule has 4 aromatic rings. The predicted octanol–water partition coefficient (Wildman–Crippen LogP) is 5.50. The first-order valence-electron chi connectivity index (χ1n) is 9.77. The smallest absolute Gasteiger partial charge is 0.229 e. The number of nitrogens with one attached hydrogen (secondary N) is 1. The van der Waals surface area contributed by atoms with E-state index in [-0.39, 0.29) is 11.7 Å². The Hall–Kier alpha value is -3.54. The van der Waals surface area contributed by atoms with Crippen molar-refractivity contribution in [3.63, 3.8) is 0 Å². The lowest BCUT2D eigenvalue weighted by molar-refractivity contribution is -0.123. The molecule has 0 bridgehead atoms. The quantitative estimate of drug-likeness (QED) is 0.493. The molecule has 0 fully saturated rings. The highest BCUT2D eigenvalue weighted by molar-refractivity contribution is 5.96. The average Bonchev–Trinajstić information content (AvgIpc) is 3.12. The van der Waals surface area contributed by atoms with E-state index in [0.29, 0.717) is 16.9 Å². The van der Waals surface area contributed by atoms with E-state index in [1.54, 1.807) is 28.8 Å². The van der Waals surface area contributed by atoms with Gasteiger partial charge in [-0.1, -0.05) is 45.0 Å². The van der Waals surface area contributed by atoms with Gasteiger partial charge in [-0.3, -0.25) is 4.79 Å². The third-order valence-electron chi connectivity index (χ3n) is 5.01. The Balaban J connectivity index is 1.73. The number of nitrogens with zero attached hydrogens (tertiary/aromatic N) is 3. The lowest BCUT2D eigenvalue weighted by atomic mass is 9.95. The van der Waals surface area contributed by atoms with Gasteiger partial charge in [0.25, 0.3) is 0 Å². The van der Waals surface area contributed by atoms with E-state index in [1.807, 2.05) is 58.2 Å². The number of imidazole rings is 1. The maximum atomic E-state index is 14.1. The SMILES string of the molecule is Cc1c(NC(=O)C(C)(C)C)cccc1-c1cn2nc(-c3ccccc3F)ccc2n1. The van der Waals surface area contributed by atoms with Gasteiger partial charge in [-0.15, -0.1) is 0 Å². The molecule has 0 unspecified atom stereocenters. The number of anilines is 1. The number of benzene rings is 2. The summed E-state index contributed by atoms with van der Waals surface area (Å²) in [5.74, 6) is -0.364. The number of amides is 1. The molecule has 0 spiro atoms. The number of carbonyl (C=O) groups excluding carboxylic acids is 1. The van der Waals surface area contributed by atoms with Crippen molar-refractivity contribution >= 4 is 17.2 Å². The van der Waals surface area contributed by atoms with E-state index in [0.717, 1.165) is 22.5 Å². The molecule has 0 saturated carbocycles. The summed E-state index contributed by atoms with van der Waals surface area (Å²) >= 11 is 0. The number of hydrogen-bond donors (Lipinski definition) is 1. The second-order valence-electron chi connectivity index (χ2n) is 8.31. The van der Waals surface area contributed by atoms with Gasteiger partial charge in [-0.25, -0.2) is 13.9 Å². The summed E-state index contributed by atoms with van der Waals surface area (Å²) in [5, 5.41) is 7.53. The maximum Gasteiger partial charge on any atom is 0.229 e. The lowest BCUT2D eigenvalue weighted by Gasteiger charge is -2.19. The first kappa shape index (κ1) is 19.8. The van der Waals surface area contributed by atoms with E-state index in [9.17, 15) is 9.18 Å². The topological polar surface area (TPSA) is 59.3 Å². The minimum absolute atomic E-state index is 0.0473. The molecule has 0 atom stereocenters. The molecule has 0 aliphatic carbocycles. The lowest BCUT2D eigenvalue weighted by Crippen LogP contribution is -2.27. The zero-order valence-electron chi connectivity index (χ0n) is 17.4. The van der Waals surface area contributed by atoms with Crippen LogP contribution in [0.4, 0.5) is 10.1 Å². The van der Waals surface area contributed by atoms with E-state index >= 15 is 0 Å². The molecular weight excluding hydrogens is 379 g/mol. The van der Waals surface area contributed by atoms with Gasteiger partial charge in [0, 0.05) is 22.2 Å². The van der Waals surface area contributed by atoms with Gasteiger partial charge >= 0.3 is 0 Å². The molecule has 2 aromatic carbocycles. The van der Waals surface area contributed by atoms with Crippen LogP contribution in [0.3, 0.4) is 0 Å². The Morgan fingerprint density at radius 3 is 2.43 bits per heavy atom. The van der Waals surface area contributed by atoms with E-state index in [1.165, 1.54) is 6.07 Å². The zero-order chi connectivity index (χ0) is 21.5. The summed E-state index contributed by atoms with van der Waals surface area (Å²) in [7, 11) is 0. The Kier molecular flexibility index (Phi) is 4.86. The fraction of sp³-hybridized carbons (Fsp3) is 0.208. The van der Waals surface area contributed by atoms with Gasteiger partial charge in [0.05, 0.1) is 17.6 Å². The van der Waals surface area contributed by atoms with Crippen molar-refractivity contribution in [3.8, 4) is 22.5 Å². The number of carbonyl (C=O) groups is 1. The Bertz CT molecular complexity index is 1250. The normalized spacial score (nSPS) is 11.6. The molecule has 0 saturated heterocycles. The summed E-state index contributed by atoms with van der Waals surface area (Å²) in [6, 6.07) is 15.9. The summed E-state index contributed by atoms with van der Waals surface area (Å²) in [6.07, 6.45) is 1.82. The Morgan fingerprint density at radius 1 is 0.967 bits per heavy atom. The van der Waals surface area contributed by atoms with Crippen molar-refractivity contribution in [2.45, 2.75) is 27.7 Å².